The molecule has 0 saturated carbocycles. The first-order valence-corrected chi connectivity index (χ1v) is 11.8. The van der Waals surface area contributed by atoms with E-state index >= 15 is 0 Å². The summed E-state index contributed by atoms with van der Waals surface area (Å²) in [7, 11) is 1.20. The number of rotatable bonds is 6. The number of halogens is 2. The molecule has 0 N–H and O–H groups in total. The number of ether oxygens (including phenoxy) is 2. The first kappa shape index (κ1) is 24.1. The van der Waals surface area contributed by atoms with Crippen molar-refractivity contribution < 1.29 is 23.9 Å². The van der Waals surface area contributed by atoms with Gasteiger partial charge >= 0.3 is 5.97 Å². The summed E-state index contributed by atoms with van der Waals surface area (Å²) < 4.78 is 10.6. The second-order valence-corrected chi connectivity index (χ2v) is 9.30. The van der Waals surface area contributed by atoms with E-state index in [9.17, 15) is 14.4 Å². The summed E-state index contributed by atoms with van der Waals surface area (Å²) in [5.74, 6) is -0.945. The highest BCUT2D eigenvalue weighted by Gasteiger charge is 2.41. The molecule has 0 aliphatic carbocycles. The van der Waals surface area contributed by atoms with Crippen LogP contribution in [0.3, 0.4) is 0 Å². The lowest BCUT2D eigenvalue weighted by Gasteiger charge is -2.18. The van der Waals surface area contributed by atoms with E-state index in [1.807, 2.05) is 42.5 Å². The van der Waals surface area contributed by atoms with Crippen LogP contribution in [0.2, 0.25) is 10.0 Å². The normalized spacial score (nSPS) is 15.8. The van der Waals surface area contributed by atoms with Gasteiger partial charge in [-0.1, -0.05) is 65.7 Å². The van der Waals surface area contributed by atoms with Crippen molar-refractivity contribution in [3.63, 3.8) is 0 Å². The SMILES string of the molecule is COC(=O)[C@H](C)N1C(=O)S/C(=C/c2cc(Cl)c(OCc3cccc4ccccc34)c(Cl)c2)C1=O. The number of imide groups is 1. The fourth-order valence-corrected chi connectivity index (χ4v) is 5.13. The van der Waals surface area contributed by atoms with E-state index < -0.39 is 23.2 Å². The number of amides is 2. The molecule has 3 aromatic rings. The van der Waals surface area contributed by atoms with Crippen molar-refractivity contribution in [1.82, 2.24) is 4.90 Å². The molecule has 3 aromatic carbocycles. The quantitative estimate of drug-likeness (QED) is 0.282. The lowest BCUT2D eigenvalue weighted by molar-refractivity contribution is -0.148. The van der Waals surface area contributed by atoms with E-state index in [0.717, 1.165) is 33.0 Å². The third-order valence-corrected chi connectivity index (χ3v) is 6.77. The van der Waals surface area contributed by atoms with E-state index in [1.54, 1.807) is 12.1 Å². The molecule has 1 heterocycles. The molecule has 1 atom stereocenters. The number of nitrogens with zero attached hydrogens (tertiary/aromatic N) is 1. The van der Waals surface area contributed by atoms with Gasteiger partial charge in [0.2, 0.25) is 0 Å². The van der Waals surface area contributed by atoms with Crippen molar-refractivity contribution in [2.45, 2.75) is 19.6 Å². The molecule has 34 heavy (non-hydrogen) atoms. The molecule has 1 aliphatic rings. The Labute approximate surface area is 210 Å². The van der Waals surface area contributed by atoms with Gasteiger partial charge in [-0.05, 0) is 58.8 Å². The Morgan fingerprint density at radius 1 is 1.09 bits per heavy atom. The summed E-state index contributed by atoms with van der Waals surface area (Å²) in [5.41, 5.74) is 1.51. The van der Waals surface area contributed by atoms with Crippen molar-refractivity contribution in [2.24, 2.45) is 0 Å². The van der Waals surface area contributed by atoms with E-state index in [-0.39, 0.29) is 21.6 Å². The van der Waals surface area contributed by atoms with Crippen LogP contribution in [0.4, 0.5) is 4.79 Å². The molecule has 0 aromatic heterocycles. The maximum absolute atomic E-state index is 12.7. The van der Waals surface area contributed by atoms with Crippen molar-refractivity contribution in [3.05, 3.63) is 80.7 Å². The van der Waals surface area contributed by atoms with E-state index in [0.29, 0.717) is 11.3 Å². The van der Waals surface area contributed by atoms with E-state index in [4.69, 9.17) is 27.9 Å². The number of thioether (sulfide) groups is 1. The molecule has 0 unspecified atom stereocenters. The number of benzene rings is 3. The average molecular weight is 516 g/mol. The van der Waals surface area contributed by atoms with Crippen molar-refractivity contribution in [1.29, 1.82) is 0 Å². The van der Waals surface area contributed by atoms with Gasteiger partial charge in [0.1, 0.15) is 12.6 Å². The minimum atomic E-state index is -1.03. The van der Waals surface area contributed by atoms with Gasteiger partial charge in [0.15, 0.2) is 5.75 Å². The number of esters is 1. The zero-order chi connectivity index (χ0) is 24.4. The zero-order valence-electron chi connectivity index (χ0n) is 18.2. The second kappa shape index (κ2) is 10.1. The molecule has 0 spiro atoms. The van der Waals surface area contributed by atoms with Gasteiger partial charge in [-0.3, -0.25) is 14.5 Å². The zero-order valence-corrected chi connectivity index (χ0v) is 20.5. The van der Waals surface area contributed by atoms with Crippen molar-refractivity contribution >= 4 is 68.9 Å². The fraction of sp³-hybridized carbons (Fsp3) is 0.160. The van der Waals surface area contributed by atoms with Gasteiger partial charge in [0.25, 0.3) is 11.1 Å². The average Bonchev–Trinajstić information content (AvgIpc) is 3.10. The molecule has 2 amide bonds. The first-order valence-electron chi connectivity index (χ1n) is 10.2. The van der Waals surface area contributed by atoms with Crippen LogP contribution in [-0.4, -0.2) is 35.2 Å². The highest BCUT2D eigenvalue weighted by Crippen LogP contribution is 2.38. The number of hydrogen-bond donors (Lipinski definition) is 0. The number of carbonyl (C=O) groups excluding carboxylic acids is 3. The fourth-order valence-electron chi connectivity index (χ4n) is 3.61. The summed E-state index contributed by atoms with van der Waals surface area (Å²) in [6.45, 7) is 1.70. The highest BCUT2D eigenvalue weighted by atomic mass is 35.5. The van der Waals surface area contributed by atoms with E-state index in [1.165, 1.54) is 20.1 Å². The third-order valence-electron chi connectivity index (χ3n) is 5.32. The molecular weight excluding hydrogens is 497 g/mol. The van der Waals surface area contributed by atoms with Crippen LogP contribution in [0, 0.1) is 0 Å². The van der Waals surface area contributed by atoms with Crippen molar-refractivity contribution in [2.75, 3.05) is 7.11 Å². The standard InChI is InChI=1S/C25H19Cl2NO5S/c1-14(24(30)32-2)28-23(29)21(34-25(28)31)12-15-10-19(26)22(20(27)11-15)33-13-17-8-5-7-16-6-3-4-9-18(16)17/h3-12,14H,13H2,1-2H3/b21-12+/t14-/m0/s1. The topological polar surface area (TPSA) is 72.9 Å². The predicted octanol–water partition coefficient (Wildman–Crippen LogP) is 6.32. The molecule has 1 saturated heterocycles. The van der Waals surface area contributed by atoms with Crippen LogP contribution in [0.1, 0.15) is 18.1 Å². The number of carbonyl (C=O) groups is 3. The first-order chi connectivity index (χ1) is 16.3. The lowest BCUT2D eigenvalue weighted by Crippen LogP contribution is -2.42. The Hall–Kier alpha value is -3.00. The Kier molecular flexibility index (Phi) is 7.16. The molecule has 174 valence electrons. The monoisotopic (exact) mass is 515 g/mol. The van der Waals surface area contributed by atoms with Crippen molar-refractivity contribution in [3.8, 4) is 5.75 Å². The Morgan fingerprint density at radius 3 is 2.47 bits per heavy atom. The largest absolute Gasteiger partial charge is 0.486 e. The summed E-state index contributed by atoms with van der Waals surface area (Å²) in [6.07, 6.45) is 1.50. The Balaban J connectivity index is 1.55. The molecule has 9 heteroatoms. The predicted molar refractivity (Wildman–Crippen MR) is 134 cm³/mol. The Bertz CT molecular complexity index is 1310. The van der Waals surface area contributed by atoms with Gasteiger partial charge in [-0.15, -0.1) is 0 Å². The number of methoxy groups -OCH3 is 1. The van der Waals surface area contributed by atoms with Crippen LogP contribution < -0.4 is 4.74 Å². The second-order valence-electron chi connectivity index (χ2n) is 7.49. The molecule has 1 fully saturated rings. The summed E-state index contributed by atoms with van der Waals surface area (Å²) in [6, 6.07) is 16.1. The number of hydrogen-bond acceptors (Lipinski definition) is 6. The van der Waals surface area contributed by atoms with Gasteiger partial charge < -0.3 is 9.47 Å². The minimum Gasteiger partial charge on any atom is -0.486 e. The molecule has 0 radical (unpaired) electrons. The smallest absolute Gasteiger partial charge is 0.328 e. The summed E-state index contributed by atoms with van der Waals surface area (Å²) in [5, 5.41) is 2.15. The van der Waals surface area contributed by atoms with Crippen LogP contribution >= 0.6 is 35.0 Å². The van der Waals surface area contributed by atoms with Gasteiger partial charge in [0, 0.05) is 0 Å². The maximum atomic E-state index is 12.7. The Morgan fingerprint density at radius 2 is 1.76 bits per heavy atom. The van der Waals surface area contributed by atoms with Gasteiger partial charge in [0.05, 0.1) is 22.1 Å². The van der Waals surface area contributed by atoms with E-state index in [2.05, 4.69) is 4.74 Å². The minimum absolute atomic E-state index is 0.150. The summed E-state index contributed by atoms with van der Waals surface area (Å²) in [4.78, 5) is 37.8. The third kappa shape index (κ3) is 4.78. The van der Waals surface area contributed by atoms with Crippen LogP contribution in [0.5, 0.6) is 5.75 Å². The summed E-state index contributed by atoms with van der Waals surface area (Å²) >= 11 is 13.6. The van der Waals surface area contributed by atoms with Gasteiger partial charge in [-0.25, -0.2) is 4.79 Å². The molecule has 1 aliphatic heterocycles. The molecule has 0 bridgehead atoms. The number of fused-ring (bicyclic) bond motifs is 1. The van der Waals surface area contributed by atoms with Crippen LogP contribution in [0.25, 0.3) is 16.8 Å². The van der Waals surface area contributed by atoms with Crippen LogP contribution in [-0.2, 0) is 20.9 Å². The lowest BCUT2D eigenvalue weighted by atomic mass is 10.1. The molecule has 6 nitrogen and oxygen atoms in total. The maximum Gasteiger partial charge on any atom is 0.328 e. The van der Waals surface area contributed by atoms with Gasteiger partial charge in [-0.2, -0.15) is 0 Å². The highest BCUT2D eigenvalue weighted by molar-refractivity contribution is 8.18. The van der Waals surface area contributed by atoms with Crippen LogP contribution in [0.15, 0.2) is 59.5 Å². The molecular formula is C25H19Cl2NO5S. The molecule has 4 rings (SSSR count).